The van der Waals surface area contributed by atoms with Crippen LogP contribution in [0, 0.1) is 6.92 Å². The molecule has 0 unspecified atom stereocenters. The van der Waals surface area contributed by atoms with Gasteiger partial charge in [-0.05, 0) is 19.1 Å². The number of H-pyrrole nitrogens is 1. The Bertz CT molecular complexity index is 618. The Morgan fingerprint density at radius 1 is 1.44 bits per heavy atom. The number of aromatic amines is 1. The number of halogens is 1. The minimum Gasteiger partial charge on any atom is -0.478 e. The number of aromatic nitrogens is 1. The molecule has 2 aromatic heterocycles. The van der Waals surface area contributed by atoms with Crippen molar-refractivity contribution >= 4 is 39.8 Å². The molecular formula is C11H9ClN2O3S. The summed E-state index contributed by atoms with van der Waals surface area (Å²) in [5, 5.41) is 12.3. The van der Waals surface area contributed by atoms with Crippen LogP contribution in [0.2, 0.25) is 5.02 Å². The Morgan fingerprint density at radius 3 is 2.72 bits per heavy atom. The number of carboxylic acid groups (broad SMARTS) is 1. The Balaban J connectivity index is 2.24. The number of carbonyl (C=O) groups is 2. The zero-order valence-corrected chi connectivity index (χ0v) is 10.9. The quantitative estimate of drug-likeness (QED) is 0.810. The summed E-state index contributed by atoms with van der Waals surface area (Å²) in [5.74, 6) is -1.49. The van der Waals surface area contributed by atoms with Crippen molar-refractivity contribution in [3.63, 3.8) is 0 Å². The van der Waals surface area contributed by atoms with Gasteiger partial charge in [-0.3, -0.25) is 4.79 Å². The molecule has 0 spiro atoms. The van der Waals surface area contributed by atoms with Crippen LogP contribution in [0.5, 0.6) is 0 Å². The first-order chi connectivity index (χ1) is 8.47. The molecule has 0 saturated carbocycles. The molecule has 0 fully saturated rings. The van der Waals surface area contributed by atoms with E-state index in [1.165, 1.54) is 29.7 Å². The van der Waals surface area contributed by atoms with Gasteiger partial charge < -0.3 is 15.4 Å². The number of carboxylic acids is 1. The second-order valence-corrected chi connectivity index (χ2v) is 5.28. The first-order valence-electron chi connectivity index (χ1n) is 4.96. The molecule has 2 heterocycles. The van der Waals surface area contributed by atoms with Crippen LogP contribution < -0.4 is 5.32 Å². The first kappa shape index (κ1) is 12.7. The maximum Gasteiger partial charge on any atom is 0.338 e. The molecule has 7 heteroatoms. The highest BCUT2D eigenvalue weighted by Crippen LogP contribution is 2.28. The third kappa shape index (κ3) is 2.55. The number of anilines is 1. The molecule has 5 nitrogen and oxygen atoms in total. The topological polar surface area (TPSA) is 82.2 Å². The minimum absolute atomic E-state index is 0.0866. The normalized spacial score (nSPS) is 10.3. The minimum atomic E-state index is -1.07. The third-order valence-electron chi connectivity index (χ3n) is 2.21. The number of rotatable bonds is 3. The SMILES string of the molecule is Cc1cc(C(=O)O)c(NC(=O)c2cc(Cl)c[nH]2)s1. The zero-order chi connectivity index (χ0) is 13.3. The molecule has 18 heavy (non-hydrogen) atoms. The Kier molecular flexibility index (Phi) is 3.40. The average Bonchev–Trinajstić information content (AvgIpc) is 2.85. The molecule has 0 aromatic carbocycles. The van der Waals surface area contributed by atoms with Crippen LogP contribution in [-0.4, -0.2) is 22.0 Å². The van der Waals surface area contributed by atoms with Crippen molar-refractivity contribution in [2.45, 2.75) is 6.92 Å². The first-order valence-corrected chi connectivity index (χ1v) is 6.16. The standard InChI is InChI=1S/C11H9ClN2O3S/c1-5-2-7(11(16)17)10(18-5)14-9(15)8-3-6(12)4-13-8/h2-4,13H,1H3,(H,14,15)(H,16,17). The number of thiophene rings is 1. The van der Waals surface area contributed by atoms with Gasteiger partial charge >= 0.3 is 5.97 Å². The van der Waals surface area contributed by atoms with E-state index >= 15 is 0 Å². The predicted octanol–water partition coefficient (Wildman–Crippen LogP) is 2.99. The zero-order valence-electron chi connectivity index (χ0n) is 9.28. The van der Waals surface area contributed by atoms with Gasteiger partial charge in [0.2, 0.25) is 0 Å². The lowest BCUT2D eigenvalue weighted by Gasteiger charge is -2.01. The second kappa shape index (κ2) is 4.83. The van der Waals surface area contributed by atoms with Crippen molar-refractivity contribution in [3.05, 3.63) is 39.5 Å². The number of hydrogen-bond donors (Lipinski definition) is 3. The summed E-state index contributed by atoms with van der Waals surface area (Å²) in [6.45, 7) is 1.78. The second-order valence-electron chi connectivity index (χ2n) is 3.59. The van der Waals surface area contributed by atoms with E-state index < -0.39 is 11.9 Å². The third-order valence-corrected chi connectivity index (χ3v) is 3.39. The number of hydrogen-bond acceptors (Lipinski definition) is 3. The van der Waals surface area contributed by atoms with E-state index in [1.54, 1.807) is 6.92 Å². The van der Waals surface area contributed by atoms with Gasteiger partial charge in [0.05, 0.1) is 10.6 Å². The molecule has 0 saturated heterocycles. The van der Waals surface area contributed by atoms with Gasteiger partial charge in [0.15, 0.2) is 0 Å². The van der Waals surface area contributed by atoms with Gasteiger partial charge in [0, 0.05) is 11.1 Å². The lowest BCUT2D eigenvalue weighted by Crippen LogP contribution is -2.13. The molecule has 3 N–H and O–H groups in total. The van der Waals surface area contributed by atoms with Crippen LogP contribution >= 0.6 is 22.9 Å². The molecule has 0 aliphatic heterocycles. The van der Waals surface area contributed by atoms with Gasteiger partial charge in [0.25, 0.3) is 5.91 Å². The highest BCUT2D eigenvalue weighted by Gasteiger charge is 2.17. The van der Waals surface area contributed by atoms with Crippen molar-refractivity contribution in [1.29, 1.82) is 0 Å². The maximum absolute atomic E-state index is 11.8. The molecule has 94 valence electrons. The lowest BCUT2D eigenvalue weighted by molar-refractivity contribution is 0.0698. The van der Waals surface area contributed by atoms with Gasteiger partial charge in [-0.15, -0.1) is 11.3 Å². The smallest absolute Gasteiger partial charge is 0.338 e. The highest BCUT2D eigenvalue weighted by molar-refractivity contribution is 7.16. The fourth-order valence-electron chi connectivity index (χ4n) is 1.44. The van der Waals surface area contributed by atoms with Crippen LogP contribution in [-0.2, 0) is 0 Å². The fraction of sp³-hybridized carbons (Fsp3) is 0.0909. The monoisotopic (exact) mass is 284 g/mol. The van der Waals surface area contributed by atoms with Gasteiger partial charge in [-0.1, -0.05) is 11.6 Å². The number of carbonyl (C=O) groups excluding carboxylic acids is 1. The Hall–Kier alpha value is -1.79. The van der Waals surface area contributed by atoms with Crippen LogP contribution in [0.25, 0.3) is 0 Å². The summed E-state index contributed by atoms with van der Waals surface area (Å²) >= 11 is 6.90. The summed E-state index contributed by atoms with van der Waals surface area (Å²) < 4.78 is 0. The summed E-state index contributed by atoms with van der Waals surface area (Å²) in [5.41, 5.74) is 0.367. The fourth-order valence-corrected chi connectivity index (χ4v) is 2.50. The van der Waals surface area contributed by atoms with Crippen LogP contribution in [0.4, 0.5) is 5.00 Å². The molecule has 2 aromatic rings. The van der Waals surface area contributed by atoms with Crippen molar-refractivity contribution in [2.75, 3.05) is 5.32 Å². The van der Waals surface area contributed by atoms with E-state index in [9.17, 15) is 9.59 Å². The lowest BCUT2D eigenvalue weighted by atomic mass is 10.3. The molecular weight excluding hydrogens is 276 g/mol. The number of aromatic carboxylic acids is 1. The van der Waals surface area contributed by atoms with E-state index in [2.05, 4.69) is 10.3 Å². The largest absolute Gasteiger partial charge is 0.478 e. The van der Waals surface area contributed by atoms with Crippen molar-refractivity contribution < 1.29 is 14.7 Å². The average molecular weight is 285 g/mol. The summed E-state index contributed by atoms with van der Waals surface area (Å²) in [6, 6.07) is 2.99. The van der Waals surface area contributed by atoms with Gasteiger partial charge in [-0.2, -0.15) is 0 Å². The van der Waals surface area contributed by atoms with Crippen LogP contribution in [0.15, 0.2) is 18.3 Å². The van der Waals surface area contributed by atoms with E-state index in [0.717, 1.165) is 4.88 Å². The molecule has 1 amide bonds. The van der Waals surface area contributed by atoms with Crippen molar-refractivity contribution in [2.24, 2.45) is 0 Å². The summed E-state index contributed by atoms with van der Waals surface area (Å²) in [6.07, 6.45) is 1.48. The maximum atomic E-state index is 11.8. The summed E-state index contributed by atoms with van der Waals surface area (Å²) in [4.78, 5) is 26.3. The molecule has 0 aliphatic rings. The molecule has 0 radical (unpaired) electrons. The van der Waals surface area contributed by atoms with E-state index in [0.29, 0.717) is 10.0 Å². The Labute approximate surface area is 111 Å². The number of amides is 1. The van der Waals surface area contributed by atoms with Crippen LogP contribution in [0.1, 0.15) is 25.7 Å². The van der Waals surface area contributed by atoms with Crippen molar-refractivity contribution in [3.8, 4) is 0 Å². The molecule has 0 aliphatic carbocycles. The highest BCUT2D eigenvalue weighted by atomic mass is 35.5. The van der Waals surface area contributed by atoms with E-state index in [1.807, 2.05) is 0 Å². The Morgan fingerprint density at radius 2 is 2.17 bits per heavy atom. The predicted molar refractivity (Wildman–Crippen MR) is 69.8 cm³/mol. The van der Waals surface area contributed by atoms with Crippen LogP contribution in [0.3, 0.4) is 0 Å². The van der Waals surface area contributed by atoms with Gasteiger partial charge in [-0.25, -0.2) is 4.79 Å². The number of nitrogens with one attached hydrogen (secondary N) is 2. The van der Waals surface area contributed by atoms with Crippen molar-refractivity contribution in [1.82, 2.24) is 4.98 Å². The molecule has 2 rings (SSSR count). The van der Waals surface area contributed by atoms with E-state index in [4.69, 9.17) is 16.7 Å². The molecule has 0 bridgehead atoms. The van der Waals surface area contributed by atoms with E-state index in [-0.39, 0.29) is 11.3 Å². The van der Waals surface area contributed by atoms with Gasteiger partial charge in [0.1, 0.15) is 10.7 Å². The molecule has 0 atom stereocenters. The number of aryl methyl sites for hydroxylation is 1. The summed E-state index contributed by atoms with van der Waals surface area (Å²) in [7, 11) is 0.